The van der Waals surface area contributed by atoms with Crippen LogP contribution in [0.1, 0.15) is 11.7 Å². The van der Waals surface area contributed by atoms with Gasteiger partial charge in [-0.05, 0) is 17.7 Å². The molecule has 5 nitrogen and oxygen atoms in total. The van der Waals surface area contributed by atoms with E-state index in [1.54, 1.807) is 0 Å². The molecular weight excluding hydrogens is 336 g/mol. The topological polar surface area (TPSA) is 50.8 Å². The van der Waals surface area contributed by atoms with Crippen LogP contribution in [-0.2, 0) is 14.3 Å². The number of ether oxygens (including phenoxy) is 2. The zero-order valence-corrected chi connectivity index (χ0v) is 13.3. The lowest BCUT2D eigenvalue weighted by Gasteiger charge is -2.36. The molecule has 2 saturated heterocycles. The number of carbonyl (C=O) groups excluding carboxylic acids is 1. The third-order valence-corrected chi connectivity index (χ3v) is 4.31. The fourth-order valence-electron chi connectivity index (χ4n) is 2.70. The molecule has 21 heavy (non-hydrogen) atoms. The van der Waals surface area contributed by atoms with Gasteiger partial charge in [-0.1, -0.05) is 28.1 Å². The zero-order valence-electron chi connectivity index (χ0n) is 11.8. The normalized spacial score (nSPS) is 26.6. The molecule has 1 aromatic carbocycles. The van der Waals surface area contributed by atoms with E-state index in [9.17, 15) is 4.79 Å². The number of morpholine rings is 2. The molecule has 2 fully saturated rings. The van der Waals surface area contributed by atoms with Crippen molar-refractivity contribution in [1.82, 2.24) is 10.2 Å². The summed E-state index contributed by atoms with van der Waals surface area (Å²) in [5, 5.41) is 3.22. The monoisotopic (exact) mass is 354 g/mol. The first-order chi connectivity index (χ1) is 10.2. The van der Waals surface area contributed by atoms with E-state index < -0.39 is 0 Å². The number of hydrogen-bond acceptors (Lipinski definition) is 4. The van der Waals surface area contributed by atoms with Crippen molar-refractivity contribution in [2.45, 2.75) is 12.1 Å². The van der Waals surface area contributed by atoms with Gasteiger partial charge in [-0.2, -0.15) is 0 Å². The maximum Gasteiger partial charge on any atom is 0.242 e. The quantitative estimate of drug-likeness (QED) is 0.870. The third kappa shape index (κ3) is 3.63. The number of carbonyl (C=O) groups is 1. The van der Waals surface area contributed by atoms with Crippen LogP contribution in [0.4, 0.5) is 0 Å². The molecule has 1 aromatic rings. The van der Waals surface area contributed by atoms with Crippen molar-refractivity contribution in [3.05, 3.63) is 34.3 Å². The lowest BCUT2D eigenvalue weighted by atomic mass is 10.1. The third-order valence-electron chi connectivity index (χ3n) is 3.82. The van der Waals surface area contributed by atoms with Crippen LogP contribution in [0, 0.1) is 0 Å². The lowest BCUT2D eigenvalue weighted by molar-refractivity contribution is -0.144. The van der Waals surface area contributed by atoms with Crippen LogP contribution in [0.5, 0.6) is 0 Å². The smallest absolute Gasteiger partial charge is 0.242 e. The lowest BCUT2D eigenvalue weighted by Crippen LogP contribution is -2.55. The Morgan fingerprint density at radius 1 is 1.38 bits per heavy atom. The van der Waals surface area contributed by atoms with E-state index >= 15 is 0 Å². The Morgan fingerprint density at radius 3 is 3.05 bits per heavy atom. The standard InChI is InChI=1S/C15H19BrN2O3/c16-12-3-1-2-11(8-12)14-9-18(5-7-21-14)15(19)13-10-20-6-4-17-13/h1-3,8,13-14,17H,4-7,9-10H2. The highest BCUT2D eigenvalue weighted by molar-refractivity contribution is 9.10. The SMILES string of the molecule is O=C(C1COCCN1)N1CCOC(c2cccc(Br)c2)C1. The number of nitrogens with zero attached hydrogens (tertiary/aromatic N) is 1. The molecule has 2 aliphatic rings. The molecule has 2 heterocycles. The number of hydrogen-bond donors (Lipinski definition) is 1. The first-order valence-corrected chi connectivity index (χ1v) is 8.00. The number of nitrogens with one attached hydrogen (secondary N) is 1. The second kappa shape index (κ2) is 6.87. The molecule has 2 aliphatic heterocycles. The molecule has 6 heteroatoms. The Labute approximate surface area is 132 Å². The molecule has 3 rings (SSSR count). The van der Waals surface area contributed by atoms with Crippen molar-refractivity contribution in [1.29, 1.82) is 0 Å². The van der Waals surface area contributed by atoms with Crippen LogP contribution in [0.25, 0.3) is 0 Å². The first-order valence-electron chi connectivity index (χ1n) is 7.21. The number of benzene rings is 1. The molecule has 0 aliphatic carbocycles. The Hall–Kier alpha value is -0.950. The maximum atomic E-state index is 12.5. The minimum Gasteiger partial charge on any atom is -0.378 e. The van der Waals surface area contributed by atoms with Gasteiger partial charge in [-0.3, -0.25) is 4.79 Å². The Bertz CT molecular complexity index is 505. The first kappa shape index (κ1) is 15.0. The van der Waals surface area contributed by atoms with Crippen LogP contribution in [0.15, 0.2) is 28.7 Å². The van der Waals surface area contributed by atoms with Crippen molar-refractivity contribution >= 4 is 21.8 Å². The molecule has 2 atom stereocenters. The summed E-state index contributed by atoms with van der Waals surface area (Å²) in [7, 11) is 0. The number of halogens is 1. The van der Waals surface area contributed by atoms with Gasteiger partial charge in [0.1, 0.15) is 12.1 Å². The number of amides is 1. The van der Waals surface area contributed by atoms with Crippen LogP contribution in [0.3, 0.4) is 0 Å². The van der Waals surface area contributed by atoms with Crippen molar-refractivity contribution in [3.8, 4) is 0 Å². The minimum atomic E-state index is -0.222. The molecule has 1 N–H and O–H groups in total. The van der Waals surface area contributed by atoms with Gasteiger partial charge in [-0.15, -0.1) is 0 Å². The number of rotatable bonds is 2. The molecular formula is C15H19BrN2O3. The second-order valence-electron chi connectivity index (χ2n) is 5.28. The Morgan fingerprint density at radius 2 is 2.29 bits per heavy atom. The highest BCUT2D eigenvalue weighted by atomic mass is 79.9. The molecule has 0 spiro atoms. The summed E-state index contributed by atoms with van der Waals surface area (Å²) in [6.45, 7) is 3.66. The van der Waals surface area contributed by atoms with Gasteiger partial charge in [0.25, 0.3) is 0 Å². The van der Waals surface area contributed by atoms with Gasteiger partial charge in [0, 0.05) is 17.6 Å². The van der Waals surface area contributed by atoms with Crippen LogP contribution in [0.2, 0.25) is 0 Å². The van der Waals surface area contributed by atoms with E-state index in [0.717, 1.165) is 16.6 Å². The van der Waals surface area contributed by atoms with E-state index in [-0.39, 0.29) is 18.1 Å². The summed E-state index contributed by atoms with van der Waals surface area (Å²) in [5.41, 5.74) is 1.09. The highest BCUT2D eigenvalue weighted by Gasteiger charge is 2.31. The van der Waals surface area contributed by atoms with Crippen LogP contribution in [-0.4, -0.2) is 56.3 Å². The molecule has 2 unspecified atom stereocenters. The van der Waals surface area contributed by atoms with E-state index in [2.05, 4.69) is 21.2 Å². The summed E-state index contributed by atoms with van der Waals surface area (Å²) in [6.07, 6.45) is -0.0651. The largest absolute Gasteiger partial charge is 0.378 e. The molecule has 114 valence electrons. The second-order valence-corrected chi connectivity index (χ2v) is 6.20. The maximum absolute atomic E-state index is 12.5. The Balaban J connectivity index is 1.66. The van der Waals surface area contributed by atoms with Crippen molar-refractivity contribution in [2.24, 2.45) is 0 Å². The molecule has 0 radical (unpaired) electrons. The summed E-state index contributed by atoms with van der Waals surface area (Å²) in [5.74, 6) is 0.109. The van der Waals surface area contributed by atoms with Crippen LogP contribution < -0.4 is 5.32 Å². The predicted molar refractivity (Wildman–Crippen MR) is 82.0 cm³/mol. The summed E-state index contributed by atoms with van der Waals surface area (Å²) >= 11 is 3.47. The minimum absolute atomic E-state index is 0.0651. The van der Waals surface area contributed by atoms with Crippen molar-refractivity contribution in [3.63, 3.8) is 0 Å². The zero-order chi connectivity index (χ0) is 14.7. The van der Waals surface area contributed by atoms with E-state index in [1.165, 1.54) is 0 Å². The average molecular weight is 355 g/mol. The van der Waals surface area contributed by atoms with Crippen molar-refractivity contribution in [2.75, 3.05) is 39.5 Å². The molecule has 0 saturated carbocycles. The summed E-state index contributed by atoms with van der Waals surface area (Å²) in [6, 6.07) is 7.82. The van der Waals surface area contributed by atoms with Gasteiger partial charge in [0.05, 0.1) is 26.4 Å². The van der Waals surface area contributed by atoms with Crippen LogP contribution >= 0.6 is 15.9 Å². The highest BCUT2D eigenvalue weighted by Crippen LogP contribution is 2.25. The van der Waals surface area contributed by atoms with E-state index in [4.69, 9.17) is 9.47 Å². The van der Waals surface area contributed by atoms with Crippen molar-refractivity contribution < 1.29 is 14.3 Å². The molecule has 1 amide bonds. The van der Waals surface area contributed by atoms with E-state index in [0.29, 0.717) is 32.9 Å². The summed E-state index contributed by atoms with van der Waals surface area (Å²) < 4.78 is 12.2. The average Bonchev–Trinajstić information content (AvgIpc) is 2.55. The van der Waals surface area contributed by atoms with Gasteiger partial charge < -0.3 is 19.7 Å². The van der Waals surface area contributed by atoms with Gasteiger partial charge in [0.15, 0.2) is 0 Å². The molecule has 0 aromatic heterocycles. The summed E-state index contributed by atoms with van der Waals surface area (Å²) in [4.78, 5) is 14.4. The van der Waals surface area contributed by atoms with Gasteiger partial charge in [-0.25, -0.2) is 0 Å². The molecule has 0 bridgehead atoms. The fourth-order valence-corrected chi connectivity index (χ4v) is 3.12. The predicted octanol–water partition coefficient (Wildman–Crippen LogP) is 1.34. The fraction of sp³-hybridized carbons (Fsp3) is 0.533. The van der Waals surface area contributed by atoms with E-state index in [1.807, 2.05) is 29.2 Å². The van der Waals surface area contributed by atoms with Gasteiger partial charge >= 0.3 is 0 Å². The van der Waals surface area contributed by atoms with Gasteiger partial charge in [0.2, 0.25) is 5.91 Å². The Kier molecular flexibility index (Phi) is 4.90.